The van der Waals surface area contributed by atoms with Crippen molar-refractivity contribution in [2.45, 2.75) is 31.7 Å². The van der Waals surface area contributed by atoms with Gasteiger partial charge in [-0.25, -0.2) is 8.78 Å². The summed E-state index contributed by atoms with van der Waals surface area (Å²) in [6, 6.07) is 12.4. The lowest BCUT2D eigenvalue weighted by Gasteiger charge is -2.38. The molecule has 42 heavy (non-hydrogen) atoms. The van der Waals surface area contributed by atoms with Crippen LogP contribution < -0.4 is 14.5 Å². The lowest BCUT2D eigenvalue weighted by atomic mass is 10.0. The molecule has 0 radical (unpaired) electrons. The fourth-order valence-electron chi connectivity index (χ4n) is 6.10. The normalized spacial score (nSPS) is 19.1. The summed E-state index contributed by atoms with van der Waals surface area (Å²) in [5, 5.41) is 2.82. The molecule has 0 atom stereocenters. The first-order valence-corrected chi connectivity index (χ1v) is 14.9. The van der Waals surface area contributed by atoms with Crippen molar-refractivity contribution in [2.75, 3.05) is 68.8 Å². The Balaban J connectivity index is 1.25. The second-order valence-corrected chi connectivity index (χ2v) is 11.5. The third kappa shape index (κ3) is 6.01. The molecule has 4 heterocycles. The minimum absolute atomic E-state index is 0.0664. The number of piperazine rings is 1. The van der Waals surface area contributed by atoms with Crippen LogP contribution in [-0.4, -0.2) is 90.6 Å². The zero-order valence-corrected chi connectivity index (χ0v) is 24.3. The number of carbonyl (C=O) groups excluding carboxylic acids is 1. The number of hydrogen-bond donors (Lipinski definition) is 0. The van der Waals surface area contributed by atoms with Crippen molar-refractivity contribution in [3.63, 3.8) is 0 Å². The molecule has 1 aromatic heterocycles. The maximum Gasteiger partial charge on any atom is 0.318 e. The third-order valence-electron chi connectivity index (χ3n) is 8.49. The highest BCUT2D eigenvalue weighted by molar-refractivity contribution is 6.36. The molecule has 0 unspecified atom stereocenters. The van der Waals surface area contributed by atoms with Gasteiger partial charge < -0.3 is 19.4 Å². The number of alkyl halides is 2. The van der Waals surface area contributed by atoms with Crippen LogP contribution in [0.1, 0.15) is 24.1 Å². The van der Waals surface area contributed by atoms with E-state index in [0.29, 0.717) is 64.0 Å². The number of likely N-dealkylation sites (tertiary alicyclic amines) is 1. The SMILES string of the molecule is C=CC(=O)N1CCN(c2nc(OCCN3CCC(F)(F)CC3)nc3c2CCN(c2cccc4cccc(Cl)c24)C3)CC1. The molecule has 0 bridgehead atoms. The number of ether oxygens (including phenoxy) is 1. The van der Waals surface area contributed by atoms with E-state index < -0.39 is 5.92 Å². The Labute approximate surface area is 249 Å². The summed E-state index contributed by atoms with van der Waals surface area (Å²) in [6.45, 7) is 8.97. The molecule has 8 nitrogen and oxygen atoms in total. The van der Waals surface area contributed by atoms with Crippen molar-refractivity contribution in [1.82, 2.24) is 19.8 Å². The number of amides is 1. The van der Waals surface area contributed by atoms with Gasteiger partial charge in [-0.3, -0.25) is 9.69 Å². The molecule has 3 aliphatic rings. The molecule has 0 saturated carbocycles. The summed E-state index contributed by atoms with van der Waals surface area (Å²) in [5.74, 6) is -1.80. The van der Waals surface area contributed by atoms with E-state index in [9.17, 15) is 13.6 Å². The van der Waals surface area contributed by atoms with Crippen molar-refractivity contribution >= 4 is 39.8 Å². The highest BCUT2D eigenvalue weighted by Gasteiger charge is 2.34. The van der Waals surface area contributed by atoms with E-state index in [4.69, 9.17) is 26.3 Å². The van der Waals surface area contributed by atoms with Crippen molar-refractivity contribution in [3.05, 3.63) is 65.3 Å². The predicted molar refractivity (Wildman–Crippen MR) is 161 cm³/mol. The quantitative estimate of drug-likeness (QED) is 0.363. The number of fused-ring (bicyclic) bond motifs is 2. The molecular weight excluding hydrogens is 562 g/mol. The van der Waals surface area contributed by atoms with E-state index in [1.165, 1.54) is 6.08 Å². The van der Waals surface area contributed by atoms with Crippen LogP contribution in [0.15, 0.2) is 49.1 Å². The largest absolute Gasteiger partial charge is 0.462 e. The summed E-state index contributed by atoms with van der Waals surface area (Å²) >= 11 is 6.66. The Hall–Kier alpha value is -3.50. The maximum atomic E-state index is 13.6. The van der Waals surface area contributed by atoms with Crippen LogP contribution in [0, 0.1) is 0 Å². The van der Waals surface area contributed by atoms with E-state index in [-0.39, 0.29) is 24.8 Å². The number of rotatable bonds is 7. The van der Waals surface area contributed by atoms with Gasteiger partial charge in [0.25, 0.3) is 5.92 Å². The lowest BCUT2D eigenvalue weighted by Crippen LogP contribution is -2.49. The highest BCUT2D eigenvalue weighted by Crippen LogP contribution is 2.37. The van der Waals surface area contributed by atoms with E-state index >= 15 is 0 Å². The summed E-state index contributed by atoms with van der Waals surface area (Å²) in [6.07, 6.45) is 1.85. The number of nitrogens with zero attached hydrogens (tertiary/aromatic N) is 6. The van der Waals surface area contributed by atoms with Crippen LogP contribution in [0.2, 0.25) is 5.02 Å². The lowest BCUT2D eigenvalue weighted by molar-refractivity contribution is -0.126. The standard InChI is InChI=1S/C31H35ClF2N6O2/c1-2-27(41)38-15-17-39(18-16-38)29-23-9-12-40(26-8-4-6-22-5-3-7-24(32)28(22)26)21-25(23)35-30(36-29)42-20-19-37-13-10-31(33,34)11-14-37/h2-8H,1,9-21H2. The third-order valence-corrected chi connectivity index (χ3v) is 8.80. The van der Waals surface area contributed by atoms with E-state index in [2.05, 4.69) is 34.6 Å². The second kappa shape index (κ2) is 12.0. The topological polar surface area (TPSA) is 65.0 Å². The first-order valence-electron chi connectivity index (χ1n) is 14.5. The van der Waals surface area contributed by atoms with Gasteiger partial charge >= 0.3 is 6.01 Å². The zero-order valence-electron chi connectivity index (χ0n) is 23.6. The highest BCUT2D eigenvalue weighted by atomic mass is 35.5. The van der Waals surface area contributed by atoms with Crippen LogP contribution in [0.25, 0.3) is 10.8 Å². The van der Waals surface area contributed by atoms with Gasteiger partial charge in [0.15, 0.2) is 0 Å². The molecule has 1 amide bonds. The van der Waals surface area contributed by atoms with Gasteiger partial charge in [0, 0.05) is 81.8 Å². The minimum atomic E-state index is -2.58. The molecular formula is C31H35ClF2N6O2. The van der Waals surface area contributed by atoms with E-state index in [0.717, 1.165) is 46.5 Å². The Morgan fingerprint density at radius 2 is 1.74 bits per heavy atom. The Kier molecular flexibility index (Phi) is 8.18. The van der Waals surface area contributed by atoms with Crippen LogP contribution in [-0.2, 0) is 17.8 Å². The predicted octanol–water partition coefficient (Wildman–Crippen LogP) is 4.79. The number of hydrogen-bond acceptors (Lipinski definition) is 7. The summed E-state index contributed by atoms with van der Waals surface area (Å²) in [7, 11) is 0. The van der Waals surface area contributed by atoms with E-state index in [1.807, 2.05) is 23.1 Å². The Morgan fingerprint density at radius 1 is 1.00 bits per heavy atom. The average molecular weight is 597 g/mol. The maximum absolute atomic E-state index is 13.6. The molecule has 2 aromatic carbocycles. The number of anilines is 2. The molecule has 3 aromatic rings. The Morgan fingerprint density at radius 3 is 2.48 bits per heavy atom. The summed E-state index contributed by atoms with van der Waals surface area (Å²) < 4.78 is 33.2. The fourth-order valence-corrected chi connectivity index (χ4v) is 6.38. The number of aromatic nitrogens is 2. The Bertz CT molecular complexity index is 1460. The van der Waals surface area contributed by atoms with Crippen LogP contribution in [0.3, 0.4) is 0 Å². The molecule has 0 aliphatic carbocycles. The van der Waals surface area contributed by atoms with Gasteiger partial charge in [-0.1, -0.05) is 42.4 Å². The second-order valence-electron chi connectivity index (χ2n) is 11.1. The van der Waals surface area contributed by atoms with Crippen LogP contribution >= 0.6 is 11.6 Å². The number of carbonyl (C=O) groups is 1. The summed E-state index contributed by atoms with van der Waals surface area (Å²) in [5.41, 5.74) is 3.05. The zero-order chi connectivity index (χ0) is 29.3. The molecule has 2 saturated heterocycles. The van der Waals surface area contributed by atoms with Gasteiger partial charge in [0.2, 0.25) is 5.91 Å². The van der Waals surface area contributed by atoms with Crippen LogP contribution in [0.4, 0.5) is 20.3 Å². The number of halogens is 3. The summed E-state index contributed by atoms with van der Waals surface area (Å²) in [4.78, 5) is 30.2. The smallest absolute Gasteiger partial charge is 0.318 e. The van der Waals surface area contributed by atoms with Crippen molar-refractivity contribution in [2.24, 2.45) is 0 Å². The molecule has 0 N–H and O–H groups in total. The monoisotopic (exact) mass is 596 g/mol. The fraction of sp³-hybridized carbons (Fsp3) is 0.452. The van der Waals surface area contributed by atoms with Gasteiger partial charge in [-0.2, -0.15) is 9.97 Å². The van der Waals surface area contributed by atoms with Gasteiger partial charge in [-0.05, 0) is 30.0 Å². The van der Waals surface area contributed by atoms with Gasteiger partial charge in [0.05, 0.1) is 17.3 Å². The molecule has 0 spiro atoms. The first kappa shape index (κ1) is 28.6. The average Bonchev–Trinajstić information content (AvgIpc) is 3.01. The van der Waals surface area contributed by atoms with Crippen molar-refractivity contribution < 1.29 is 18.3 Å². The van der Waals surface area contributed by atoms with Crippen molar-refractivity contribution in [1.29, 1.82) is 0 Å². The number of piperidine rings is 1. The molecule has 2 fully saturated rings. The molecule has 6 rings (SSSR count). The van der Waals surface area contributed by atoms with Gasteiger partial charge in [0.1, 0.15) is 12.4 Å². The van der Waals surface area contributed by atoms with E-state index in [1.54, 1.807) is 4.90 Å². The molecule has 11 heteroatoms. The number of benzene rings is 2. The van der Waals surface area contributed by atoms with Crippen molar-refractivity contribution in [3.8, 4) is 6.01 Å². The minimum Gasteiger partial charge on any atom is -0.462 e. The first-order chi connectivity index (χ1) is 20.3. The van der Waals surface area contributed by atoms with Gasteiger partial charge in [-0.15, -0.1) is 0 Å². The van der Waals surface area contributed by atoms with Crippen LogP contribution in [0.5, 0.6) is 6.01 Å². The molecule has 222 valence electrons. The molecule has 3 aliphatic heterocycles.